The van der Waals surface area contributed by atoms with Crippen LogP contribution < -0.4 is 5.73 Å². The molecule has 1 aromatic heterocycles. The van der Waals surface area contributed by atoms with Crippen LogP contribution in [-0.4, -0.2) is 30.1 Å². The number of halogens is 4. The molecule has 0 saturated carbocycles. The van der Waals surface area contributed by atoms with Gasteiger partial charge in [-0.25, -0.2) is 0 Å². The first-order valence-corrected chi connectivity index (χ1v) is 7.26. The average molecular weight is 337 g/mol. The molecule has 0 radical (unpaired) electrons. The van der Waals surface area contributed by atoms with Crippen LogP contribution in [0.4, 0.5) is 18.9 Å². The van der Waals surface area contributed by atoms with Crippen LogP contribution >= 0.6 is 22.9 Å². The molecule has 1 aromatic carbocycles. The number of fused-ring (bicyclic) bond motifs is 1. The Labute approximate surface area is 128 Å². The topological polar surface area (TPSA) is 46.3 Å². The number of nitrogen functional groups attached to an aromatic ring is 1. The zero-order valence-electron chi connectivity index (χ0n) is 11.0. The van der Waals surface area contributed by atoms with Crippen molar-refractivity contribution >= 4 is 44.6 Å². The summed E-state index contributed by atoms with van der Waals surface area (Å²) in [5, 5.41) is 1.03. The summed E-state index contributed by atoms with van der Waals surface area (Å²) in [6.45, 7) is 0.146. The van der Waals surface area contributed by atoms with Crippen molar-refractivity contribution in [1.29, 1.82) is 0 Å². The minimum absolute atomic E-state index is 0.0488. The summed E-state index contributed by atoms with van der Waals surface area (Å²) in [6.07, 6.45) is -4.44. The van der Waals surface area contributed by atoms with Crippen molar-refractivity contribution in [2.24, 2.45) is 0 Å². The van der Waals surface area contributed by atoms with Crippen molar-refractivity contribution in [2.45, 2.75) is 13.1 Å². The maximum absolute atomic E-state index is 12.5. The van der Waals surface area contributed by atoms with E-state index in [4.69, 9.17) is 17.3 Å². The average Bonchev–Trinajstić information content (AvgIpc) is 2.71. The molecule has 2 N–H and O–H groups in total. The number of amides is 1. The fraction of sp³-hybridized carbons (Fsp3) is 0.308. The lowest BCUT2D eigenvalue weighted by Crippen LogP contribution is -2.38. The monoisotopic (exact) mass is 336 g/mol. The molecule has 0 bridgehead atoms. The summed E-state index contributed by atoms with van der Waals surface area (Å²) in [5.74, 6) is -0.718. The van der Waals surface area contributed by atoms with Gasteiger partial charge in [-0.2, -0.15) is 13.2 Å². The van der Waals surface area contributed by atoms with Crippen LogP contribution in [-0.2, 0) is 0 Å². The number of rotatable bonds is 3. The molecule has 2 rings (SSSR count). The fourth-order valence-corrected chi connectivity index (χ4v) is 3.18. The highest BCUT2D eigenvalue weighted by atomic mass is 35.5. The number of carbonyl (C=O) groups excluding carboxylic acids is 1. The van der Waals surface area contributed by atoms with Crippen LogP contribution in [0.5, 0.6) is 0 Å². The lowest BCUT2D eigenvalue weighted by Gasteiger charge is -2.21. The molecule has 114 valence electrons. The molecule has 0 aliphatic rings. The first kappa shape index (κ1) is 15.9. The van der Waals surface area contributed by atoms with E-state index in [-0.39, 0.29) is 17.1 Å². The summed E-state index contributed by atoms with van der Waals surface area (Å²) in [6, 6.07) is 4.93. The second-order valence-electron chi connectivity index (χ2n) is 4.42. The third-order valence-corrected chi connectivity index (χ3v) is 4.33. The van der Waals surface area contributed by atoms with Gasteiger partial charge in [0.15, 0.2) is 0 Å². The molecule has 2 aromatic rings. The summed E-state index contributed by atoms with van der Waals surface area (Å²) >= 11 is 6.93. The van der Waals surface area contributed by atoms with E-state index in [9.17, 15) is 18.0 Å². The molecule has 0 saturated heterocycles. The molecule has 0 unspecified atom stereocenters. The molecule has 1 amide bonds. The maximum atomic E-state index is 12.5. The lowest BCUT2D eigenvalue weighted by atomic mass is 10.2. The molecule has 8 heteroatoms. The first-order chi connectivity index (χ1) is 9.73. The molecule has 1 heterocycles. The second-order valence-corrected chi connectivity index (χ2v) is 5.91. The highest BCUT2D eigenvalue weighted by Crippen LogP contribution is 2.36. The van der Waals surface area contributed by atoms with E-state index < -0.39 is 18.6 Å². The van der Waals surface area contributed by atoms with Gasteiger partial charge in [0.1, 0.15) is 11.4 Å². The van der Waals surface area contributed by atoms with Gasteiger partial charge in [0.25, 0.3) is 5.91 Å². The molecule has 0 spiro atoms. The first-order valence-electron chi connectivity index (χ1n) is 6.06. The second kappa shape index (κ2) is 5.73. The minimum Gasteiger partial charge on any atom is -0.397 e. The highest BCUT2D eigenvalue weighted by Gasteiger charge is 2.33. The predicted molar refractivity (Wildman–Crippen MR) is 78.9 cm³/mol. The third-order valence-electron chi connectivity index (χ3n) is 2.92. The van der Waals surface area contributed by atoms with Gasteiger partial charge in [0, 0.05) is 21.7 Å². The van der Waals surface area contributed by atoms with Crippen molar-refractivity contribution in [1.82, 2.24) is 4.90 Å². The number of hydrogen-bond donors (Lipinski definition) is 1. The van der Waals surface area contributed by atoms with E-state index in [1.165, 1.54) is 6.92 Å². The summed E-state index contributed by atoms with van der Waals surface area (Å²) in [4.78, 5) is 13.1. The van der Waals surface area contributed by atoms with Gasteiger partial charge in [-0.1, -0.05) is 11.6 Å². The number of nitrogens with zero attached hydrogens (tertiary/aromatic N) is 1. The smallest absolute Gasteiger partial charge is 0.397 e. The summed E-state index contributed by atoms with van der Waals surface area (Å²) < 4.78 is 38.2. The number of thiophene rings is 1. The van der Waals surface area contributed by atoms with Crippen LogP contribution in [0.2, 0.25) is 5.02 Å². The zero-order valence-corrected chi connectivity index (χ0v) is 12.6. The SMILES string of the molecule is CCN(CC(F)(F)F)C(=O)c1sc2ccc(Cl)cc2c1N. The number of anilines is 1. The molecule has 0 aliphatic carbocycles. The van der Waals surface area contributed by atoms with Crippen LogP contribution in [0, 0.1) is 0 Å². The van der Waals surface area contributed by atoms with Gasteiger partial charge in [-0.3, -0.25) is 4.79 Å². The standard InChI is InChI=1S/C13H12ClF3N2OS/c1-2-19(6-13(15,16)17)12(20)11-10(18)8-5-7(14)3-4-9(8)21-11/h3-5H,2,6,18H2,1H3. The van der Waals surface area contributed by atoms with E-state index in [0.29, 0.717) is 15.1 Å². The fourth-order valence-electron chi connectivity index (χ4n) is 1.94. The van der Waals surface area contributed by atoms with Crippen molar-refractivity contribution in [2.75, 3.05) is 18.8 Å². The van der Waals surface area contributed by atoms with E-state index in [1.54, 1.807) is 18.2 Å². The largest absolute Gasteiger partial charge is 0.406 e. The summed E-state index contributed by atoms with van der Waals surface area (Å²) in [5.41, 5.74) is 6.06. The molecule has 0 aliphatic heterocycles. The molecule has 0 fully saturated rings. The molecular weight excluding hydrogens is 325 g/mol. The number of nitrogens with two attached hydrogens (primary N) is 1. The van der Waals surface area contributed by atoms with Gasteiger partial charge in [-0.05, 0) is 25.1 Å². The highest BCUT2D eigenvalue weighted by molar-refractivity contribution is 7.21. The number of carbonyl (C=O) groups is 1. The molecular formula is C13H12ClF3N2OS. The van der Waals surface area contributed by atoms with Crippen molar-refractivity contribution in [3.8, 4) is 0 Å². The Morgan fingerprint density at radius 2 is 2.10 bits per heavy atom. The maximum Gasteiger partial charge on any atom is 0.406 e. The third kappa shape index (κ3) is 3.41. The van der Waals surface area contributed by atoms with Crippen LogP contribution in [0.25, 0.3) is 10.1 Å². The Bertz CT molecular complexity index is 684. The van der Waals surface area contributed by atoms with Crippen molar-refractivity contribution in [3.05, 3.63) is 28.1 Å². The quantitative estimate of drug-likeness (QED) is 0.914. The molecule has 21 heavy (non-hydrogen) atoms. The van der Waals surface area contributed by atoms with Gasteiger partial charge < -0.3 is 10.6 Å². The van der Waals surface area contributed by atoms with Gasteiger partial charge in [-0.15, -0.1) is 11.3 Å². The zero-order chi connectivity index (χ0) is 15.8. The number of hydrogen-bond acceptors (Lipinski definition) is 3. The van der Waals surface area contributed by atoms with Crippen LogP contribution in [0.1, 0.15) is 16.6 Å². The molecule has 3 nitrogen and oxygen atoms in total. The van der Waals surface area contributed by atoms with Crippen LogP contribution in [0.15, 0.2) is 18.2 Å². The van der Waals surface area contributed by atoms with Crippen LogP contribution in [0.3, 0.4) is 0 Å². The Morgan fingerprint density at radius 3 is 2.67 bits per heavy atom. The Kier molecular flexibility index (Phi) is 4.34. The van der Waals surface area contributed by atoms with Gasteiger partial charge >= 0.3 is 6.18 Å². The Morgan fingerprint density at radius 1 is 1.43 bits per heavy atom. The van der Waals surface area contributed by atoms with Gasteiger partial charge in [0.2, 0.25) is 0 Å². The predicted octanol–water partition coefficient (Wildman–Crippen LogP) is 4.16. The van der Waals surface area contributed by atoms with Gasteiger partial charge in [0.05, 0.1) is 5.69 Å². The normalized spacial score (nSPS) is 11.9. The van der Waals surface area contributed by atoms with E-state index in [0.717, 1.165) is 16.2 Å². The van der Waals surface area contributed by atoms with E-state index in [2.05, 4.69) is 0 Å². The molecule has 0 atom stereocenters. The van der Waals surface area contributed by atoms with Crippen molar-refractivity contribution < 1.29 is 18.0 Å². The number of benzene rings is 1. The summed E-state index contributed by atoms with van der Waals surface area (Å²) in [7, 11) is 0. The van der Waals surface area contributed by atoms with E-state index in [1.807, 2.05) is 0 Å². The Hall–Kier alpha value is -1.47. The Balaban J connectivity index is 2.40. The van der Waals surface area contributed by atoms with Crippen molar-refractivity contribution in [3.63, 3.8) is 0 Å². The van der Waals surface area contributed by atoms with E-state index >= 15 is 0 Å². The minimum atomic E-state index is -4.44. The number of alkyl halides is 3. The lowest BCUT2D eigenvalue weighted by molar-refractivity contribution is -0.140.